The van der Waals surface area contributed by atoms with Gasteiger partial charge in [0.05, 0.1) is 13.5 Å². The summed E-state index contributed by atoms with van der Waals surface area (Å²) in [6.45, 7) is 4.71. The molecule has 2 aromatic heterocycles. The SMILES string of the molecule is CCCc1nc(N2CCN(C(=O)Cc3ccc(OC)cc3)CC2)c2c(-c3ccc4ccccc4c3)noc2n1. The molecule has 5 aromatic rings. The molecule has 1 aliphatic heterocycles. The van der Waals surface area contributed by atoms with Crippen LogP contribution in [0.3, 0.4) is 0 Å². The molecular weight excluding hydrogens is 490 g/mol. The molecule has 0 atom stereocenters. The second-order valence-electron chi connectivity index (χ2n) is 9.88. The minimum Gasteiger partial charge on any atom is -0.497 e. The molecule has 198 valence electrons. The molecule has 1 saturated heterocycles. The van der Waals surface area contributed by atoms with Crippen LogP contribution in [-0.4, -0.2) is 59.2 Å². The number of piperazine rings is 1. The predicted octanol–water partition coefficient (Wildman–Crippen LogP) is 5.29. The zero-order chi connectivity index (χ0) is 26.8. The first kappa shape index (κ1) is 24.9. The lowest BCUT2D eigenvalue weighted by molar-refractivity contribution is -0.130. The zero-order valence-electron chi connectivity index (χ0n) is 22.3. The van der Waals surface area contributed by atoms with E-state index in [9.17, 15) is 4.79 Å². The number of amides is 1. The van der Waals surface area contributed by atoms with Gasteiger partial charge in [0.2, 0.25) is 5.91 Å². The standard InChI is InChI=1S/C31H31N5O3/c1-3-6-26-32-30(36-17-15-35(16-18-36)27(37)19-21-9-13-25(38-2)14-10-21)28-29(34-39-31(28)33-26)24-12-11-22-7-4-5-8-23(22)20-24/h4-5,7-14,20H,3,6,15-19H2,1-2H3. The molecule has 0 aliphatic carbocycles. The van der Waals surface area contributed by atoms with Crippen molar-refractivity contribution >= 4 is 33.6 Å². The fourth-order valence-corrected chi connectivity index (χ4v) is 5.18. The molecule has 0 radical (unpaired) electrons. The van der Waals surface area contributed by atoms with Crippen molar-refractivity contribution in [3.05, 3.63) is 78.1 Å². The lowest BCUT2D eigenvalue weighted by Gasteiger charge is -2.35. The average Bonchev–Trinajstić information content (AvgIpc) is 3.41. The van der Waals surface area contributed by atoms with Crippen LogP contribution in [-0.2, 0) is 17.6 Å². The summed E-state index contributed by atoms with van der Waals surface area (Å²) in [6.07, 6.45) is 2.07. The van der Waals surface area contributed by atoms with Gasteiger partial charge in [-0.25, -0.2) is 4.98 Å². The van der Waals surface area contributed by atoms with Crippen LogP contribution < -0.4 is 9.64 Å². The van der Waals surface area contributed by atoms with E-state index in [1.165, 1.54) is 5.39 Å². The number of carbonyl (C=O) groups excluding carboxylic acids is 1. The van der Waals surface area contributed by atoms with Crippen LogP contribution >= 0.6 is 0 Å². The zero-order valence-corrected chi connectivity index (χ0v) is 22.3. The van der Waals surface area contributed by atoms with Crippen molar-refractivity contribution in [1.82, 2.24) is 20.0 Å². The van der Waals surface area contributed by atoms with Crippen LogP contribution in [0, 0.1) is 0 Å². The van der Waals surface area contributed by atoms with Gasteiger partial charge in [-0.2, -0.15) is 4.98 Å². The van der Waals surface area contributed by atoms with E-state index in [0.29, 0.717) is 38.3 Å². The number of fused-ring (bicyclic) bond motifs is 2. The normalized spacial score (nSPS) is 13.8. The van der Waals surface area contributed by atoms with E-state index in [2.05, 4.69) is 47.3 Å². The Labute approximate surface area is 227 Å². The van der Waals surface area contributed by atoms with Crippen LogP contribution in [0.2, 0.25) is 0 Å². The number of hydrogen-bond donors (Lipinski definition) is 0. The van der Waals surface area contributed by atoms with Gasteiger partial charge in [0, 0.05) is 38.2 Å². The lowest BCUT2D eigenvalue weighted by atomic mass is 10.0. The predicted molar refractivity (Wildman–Crippen MR) is 152 cm³/mol. The Balaban J connectivity index is 1.27. The van der Waals surface area contributed by atoms with E-state index >= 15 is 0 Å². The molecule has 39 heavy (non-hydrogen) atoms. The summed E-state index contributed by atoms with van der Waals surface area (Å²) < 4.78 is 11.0. The largest absolute Gasteiger partial charge is 0.497 e. The van der Waals surface area contributed by atoms with Gasteiger partial charge in [-0.05, 0) is 41.0 Å². The third kappa shape index (κ3) is 5.02. The second-order valence-corrected chi connectivity index (χ2v) is 9.88. The van der Waals surface area contributed by atoms with E-state index in [1.54, 1.807) is 7.11 Å². The Morgan fingerprint density at radius 1 is 0.949 bits per heavy atom. The van der Waals surface area contributed by atoms with E-state index in [4.69, 9.17) is 19.2 Å². The summed E-state index contributed by atoms with van der Waals surface area (Å²) in [5.41, 5.74) is 3.19. The van der Waals surface area contributed by atoms with E-state index in [0.717, 1.165) is 57.8 Å². The molecule has 0 N–H and O–H groups in total. The molecule has 0 spiro atoms. The van der Waals surface area contributed by atoms with Gasteiger partial charge >= 0.3 is 0 Å². The fraction of sp³-hybridized carbons (Fsp3) is 0.290. The highest BCUT2D eigenvalue weighted by Gasteiger charge is 2.27. The monoisotopic (exact) mass is 521 g/mol. The van der Waals surface area contributed by atoms with Crippen LogP contribution in [0.4, 0.5) is 5.82 Å². The number of aromatic nitrogens is 3. The Bertz CT molecular complexity index is 1620. The van der Waals surface area contributed by atoms with Gasteiger partial charge in [-0.15, -0.1) is 0 Å². The third-order valence-electron chi connectivity index (χ3n) is 7.31. The molecule has 0 bridgehead atoms. The smallest absolute Gasteiger partial charge is 0.263 e. The number of rotatable bonds is 7. The van der Waals surface area contributed by atoms with E-state index in [1.807, 2.05) is 41.3 Å². The first-order valence-corrected chi connectivity index (χ1v) is 13.4. The molecule has 3 heterocycles. The maximum Gasteiger partial charge on any atom is 0.263 e. The summed E-state index contributed by atoms with van der Waals surface area (Å²) in [6, 6.07) is 22.2. The number of ether oxygens (including phenoxy) is 1. The summed E-state index contributed by atoms with van der Waals surface area (Å²) in [4.78, 5) is 26.9. The van der Waals surface area contributed by atoms with Gasteiger partial charge < -0.3 is 19.1 Å². The number of aryl methyl sites for hydroxylation is 1. The summed E-state index contributed by atoms with van der Waals surface area (Å²) >= 11 is 0. The number of hydrogen-bond acceptors (Lipinski definition) is 7. The number of anilines is 1. The fourth-order valence-electron chi connectivity index (χ4n) is 5.18. The third-order valence-corrected chi connectivity index (χ3v) is 7.31. The van der Waals surface area contributed by atoms with Crippen LogP contribution in [0.25, 0.3) is 33.1 Å². The van der Waals surface area contributed by atoms with Gasteiger partial charge in [-0.3, -0.25) is 4.79 Å². The molecule has 6 rings (SSSR count). The van der Waals surface area contributed by atoms with Gasteiger partial charge in [-0.1, -0.05) is 60.6 Å². The van der Waals surface area contributed by atoms with Crippen LogP contribution in [0.15, 0.2) is 71.3 Å². The minimum absolute atomic E-state index is 0.126. The Morgan fingerprint density at radius 2 is 1.72 bits per heavy atom. The molecule has 1 fully saturated rings. The molecule has 0 unspecified atom stereocenters. The number of nitrogens with zero attached hydrogens (tertiary/aromatic N) is 5. The van der Waals surface area contributed by atoms with Crippen molar-refractivity contribution in [3.63, 3.8) is 0 Å². The summed E-state index contributed by atoms with van der Waals surface area (Å²) in [5.74, 6) is 2.49. The molecule has 1 amide bonds. The maximum absolute atomic E-state index is 13.0. The first-order valence-electron chi connectivity index (χ1n) is 13.4. The van der Waals surface area contributed by atoms with Crippen molar-refractivity contribution < 1.29 is 14.1 Å². The lowest BCUT2D eigenvalue weighted by Crippen LogP contribution is -2.49. The maximum atomic E-state index is 13.0. The summed E-state index contributed by atoms with van der Waals surface area (Å²) in [7, 11) is 1.64. The van der Waals surface area contributed by atoms with Crippen molar-refractivity contribution in [3.8, 4) is 17.0 Å². The van der Waals surface area contributed by atoms with E-state index < -0.39 is 0 Å². The minimum atomic E-state index is 0.126. The highest BCUT2D eigenvalue weighted by molar-refractivity contribution is 6.00. The Morgan fingerprint density at radius 3 is 2.46 bits per heavy atom. The van der Waals surface area contributed by atoms with Crippen molar-refractivity contribution in [2.45, 2.75) is 26.2 Å². The first-order chi connectivity index (χ1) is 19.1. The summed E-state index contributed by atoms with van der Waals surface area (Å²) in [5, 5.41) is 7.59. The molecule has 8 heteroatoms. The van der Waals surface area contributed by atoms with Crippen molar-refractivity contribution in [2.75, 3.05) is 38.2 Å². The van der Waals surface area contributed by atoms with Crippen molar-refractivity contribution in [1.29, 1.82) is 0 Å². The van der Waals surface area contributed by atoms with Crippen LogP contribution in [0.1, 0.15) is 24.7 Å². The topological polar surface area (TPSA) is 84.6 Å². The second kappa shape index (κ2) is 10.7. The van der Waals surface area contributed by atoms with Gasteiger partial charge in [0.25, 0.3) is 5.71 Å². The quantitative estimate of drug-likeness (QED) is 0.288. The molecule has 0 saturated carbocycles. The Hall–Kier alpha value is -4.46. The highest BCUT2D eigenvalue weighted by Crippen LogP contribution is 2.35. The molecule has 1 aliphatic rings. The number of carbonyl (C=O) groups is 1. The highest BCUT2D eigenvalue weighted by atomic mass is 16.5. The average molecular weight is 522 g/mol. The van der Waals surface area contributed by atoms with Crippen molar-refractivity contribution in [2.24, 2.45) is 0 Å². The van der Waals surface area contributed by atoms with Gasteiger partial charge in [0.15, 0.2) is 0 Å². The molecular formula is C31H31N5O3. The Kier molecular flexibility index (Phi) is 6.84. The number of benzene rings is 3. The molecule has 3 aromatic carbocycles. The molecule has 8 nitrogen and oxygen atoms in total. The van der Waals surface area contributed by atoms with E-state index in [-0.39, 0.29) is 5.91 Å². The number of methoxy groups -OCH3 is 1. The van der Waals surface area contributed by atoms with Crippen LogP contribution in [0.5, 0.6) is 5.75 Å². The van der Waals surface area contributed by atoms with Gasteiger partial charge in [0.1, 0.15) is 28.5 Å².